The minimum atomic E-state index is -1.90. The second-order valence-corrected chi connectivity index (χ2v) is 37.0. The van der Waals surface area contributed by atoms with E-state index in [0.717, 1.165) is 0 Å². The zero-order valence-electron chi connectivity index (χ0n) is 40.0. The first-order chi connectivity index (χ1) is 31.9. The Morgan fingerprint density at radius 3 is 1.02 bits per heavy atom. The number of unbranched alkanes of at least 4 members (excludes halogenated alkanes) is 20. The Morgan fingerprint density at radius 1 is 0.385 bits per heavy atom. The minimum absolute atomic E-state index is 1.32. The average molecular weight is 1150 g/mol. The van der Waals surface area contributed by atoms with Crippen molar-refractivity contribution in [3.05, 3.63) is 44.0 Å². The molecule has 0 bridgehead atoms. The number of thiophene rings is 4. The molecule has 0 radical (unpaired) electrons. The number of fused-ring (bicyclic) bond motifs is 7. The van der Waals surface area contributed by atoms with Gasteiger partial charge in [-0.1, -0.05) is 194 Å². The molecule has 0 amide bonds. The zero-order valence-corrected chi connectivity index (χ0v) is 50.0. The van der Waals surface area contributed by atoms with E-state index in [1.54, 1.807) is 40.3 Å². The first kappa shape index (κ1) is 51.4. The van der Waals surface area contributed by atoms with E-state index in [2.05, 4.69) is 123 Å². The van der Waals surface area contributed by atoms with Crippen LogP contribution in [0.4, 0.5) is 0 Å². The highest BCUT2D eigenvalue weighted by Gasteiger charge is 2.49. The predicted molar refractivity (Wildman–Crippen MR) is 313 cm³/mol. The van der Waals surface area contributed by atoms with Crippen molar-refractivity contribution in [1.82, 2.24) is 4.13 Å². The maximum Gasteiger partial charge on any atom is 0.122 e. The number of hydrogen-bond acceptors (Lipinski definition) is 7. The van der Waals surface area contributed by atoms with E-state index in [-0.39, 0.29) is 0 Å². The highest BCUT2D eigenvalue weighted by atomic mass is 79.9. The molecule has 4 aromatic heterocycles. The standard InChI is InChI=1S/C54H75Br2NS6Si2/c1-5-9-13-17-21-25-31-64(32-26-22-18-14-10-6-2)43-35-41(58-51(43)53-45(64)37-47(55)60-53)39-29-30-40(50-49(39)62-57-63-50)42-36-44-52(59-42)54-46(38-48(56)61-54)65(44,33-27-23-19-15-11-7-3)34-28-24-20-16-12-8-4/h29-30,35-38,57H,5-28,31-34H2,1-4H3. The maximum atomic E-state index is 4.02. The third-order valence-corrected chi connectivity index (χ3v) is 34.4. The van der Waals surface area contributed by atoms with Crippen LogP contribution in [0, 0.1) is 0 Å². The monoisotopic (exact) mass is 1140 g/mol. The topological polar surface area (TPSA) is 12.0 Å². The molecule has 1 nitrogen and oxygen atoms in total. The van der Waals surface area contributed by atoms with Crippen LogP contribution in [0.1, 0.15) is 182 Å². The summed E-state index contributed by atoms with van der Waals surface area (Å²) in [5.41, 5.74) is 2.90. The smallest absolute Gasteiger partial charge is 0.122 e. The largest absolute Gasteiger partial charge is 0.199 e. The lowest BCUT2D eigenvalue weighted by Crippen LogP contribution is -2.54. The van der Waals surface area contributed by atoms with Crippen LogP contribution in [0.15, 0.2) is 53.8 Å². The summed E-state index contributed by atoms with van der Waals surface area (Å²) in [5, 5.41) is 7.13. The fourth-order valence-corrected chi connectivity index (χ4v) is 34.0. The van der Waals surface area contributed by atoms with Gasteiger partial charge in [-0.15, -0.1) is 45.3 Å². The molecule has 0 unspecified atom stereocenters. The fourth-order valence-electron chi connectivity index (χ4n) is 11.6. The van der Waals surface area contributed by atoms with Gasteiger partial charge in [-0.2, -0.15) is 4.13 Å². The van der Waals surface area contributed by atoms with Crippen molar-refractivity contribution in [2.75, 3.05) is 0 Å². The number of nitrogens with one attached hydrogen (secondary N) is 1. The van der Waals surface area contributed by atoms with Crippen molar-refractivity contribution < 1.29 is 0 Å². The van der Waals surface area contributed by atoms with Gasteiger partial charge in [0, 0.05) is 50.2 Å². The second kappa shape index (κ2) is 25.0. The quantitative estimate of drug-likeness (QED) is 0.0280. The predicted octanol–water partition coefficient (Wildman–Crippen LogP) is 19.9. The molecule has 354 valence electrons. The lowest BCUT2D eigenvalue weighted by Gasteiger charge is -2.29. The molecule has 3 aliphatic rings. The molecule has 0 saturated heterocycles. The lowest BCUT2D eigenvalue weighted by molar-refractivity contribution is 0.616. The fraction of sp³-hybridized carbons (Fsp3) is 0.593. The third-order valence-electron chi connectivity index (χ3n) is 15.1. The van der Waals surface area contributed by atoms with Gasteiger partial charge in [-0.3, -0.25) is 0 Å². The van der Waals surface area contributed by atoms with Gasteiger partial charge in [0.05, 0.1) is 7.57 Å². The zero-order chi connectivity index (χ0) is 45.2. The van der Waals surface area contributed by atoms with Crippen LogP contribution >= 0.6 is 101 Å². The van der Waals surface area contributed by atoms with E-state index in [1.165, 1.54) is 217 Å². The molecule has 11 heteroatoms. The van der Waals surface area contributed by atoms with Crippen molar-refractivity contribution in [1.29, 1.82) is 0 Å². The van der Waals surface area contributed by atoms with Crippen molar-refractivity contribution in [3.8, 4) is 40.4 Å². The molecule has 0 spiro atoms. The number of halogens is 2. The van der Waals surface area contributed by atoms with Crippen molar-refractivity contribution in [3.63, 3.8) is 0 Å². The minimum Gasteiger partial charge on any atom is -0.199 e. The van der Waals surface area contributed by atoms with E-state index in [1.807, 2.05) is 46.6 Å². The number of hydrogen-bond donors (Lipinski definition) is 1. The van der Waals surface area contributed by atoms with Gasteiger partial charge in [0.1, 0.15) is 16.1 Å². The Bertz CT molecular complexity index is 2110. The van der Waals surface area contributed by atoms with E-state index in [0.29, 0.717) is 0 Å². The number of rotatable bonds is 30. The molecule has 0 aliphatic carbocycles. The summed E-state index contributed by atoms with van der Waals surface area (Å²) in [4.78, 5) is 12.4. The second-order valence-electron chi connectivity index (χ2n) is 19.6. The van der Waals surface area contributed by atoms with Crippen LogP contribution in [0.3, 0.4) is 0 Å². The number of benzene rings is 1. The summed E-state index contributed by atoms with van der Waals surface area (Å²) in [5.74, 6) is 0. The molecule has 0 fully saturated rings. The van der Waals surface area contributed by atoms with Gasteiger partial charge in [0.15, 0.2) is 0 Å². The Morgan fingerprint density at radius 2 is 0.677 bits per heavy atom. The van der Waals surface area contributed by atoms with Crippen LogP contribution in [0.2, 0.25) is 24.2 Å². The van der Waals surface area contributed by atoms with E-state index in [4.69, 9.17) is 0 Å². The first-order valence-corrected chi connectivity index (χ1v) is 37.4. The normalized spacial score (nSPS) is 15.2. The van der Waals surface area contributed by atoms with Crippen molar-refractivity contribution in [2.45, 2.75) is 216 Å². The molecule has 7 heterocycles. The molecule has 1 N–H and O–H groups in total. The highest BCUT2D eigenvalue weighted by Crippen LogP contribution is 2.54. The molecular weight excluding hydrogens is 1070 g/mol. The maximum absolute atomic E-state index is 4.02. The Hall–Kier alpha value is 0.0738. The van der Waals surface area contributed by atoms with Gasteiger partial charge in [-0.25, -0.2) is 0 Å². The van der Waals surface area contributed by atoms with E-state index >= 15 is 0 Å². The van der Waals surface area contributed by atoms with Gasteiger partial charge in [-0.05, 0) is 125 Å². The van der Waals surface area contributed by atoms with Crippen LogP contribution in [0.5, 0.6) is 0 Å². The molecule has 0 atom stereocenters. The molecule has 65 heavy (non-hydrogen) atoms. The lowest BCUT2D eigenvalue weighted by atomic mass is 10.1. The summed E-state index contributed by atoms with van der Waals surface area (Å²) in [6.45, 7) is 9.37. The Balaban J connectivity index is 1.12. The molecule has 3 aliphatic heterocycles. The molecule has 5 aromatic rings. The summed E-state index contributed by atoms with van der Waals surface area (Å²) in [6.07, 6.45) is 33.2. The first-order valence-electron chi connectivity index (χ1n) is 26.0. The van der Waals surface area contributed by atoms with Crippen LogP contribution in [0.25, 0.3) is 40.4 Å². The van der Waals surface area contributed by atoms with Gasteiger partial charge in [0.2, 0.25) is 0 Å². The molecule has 1 aromatic carbocycles. The summed E-state index contributed by atoms with van der Waals surface area (Å²) in [6, 6.07) is 21.4. The van der Waals surface area contributed by atoms with Crippen LogP contribution in [-0.2, 0) is 0 Å². The summed E-state index contributed by atoms with van der Waals surface area (Å²) in [7, 11) is -3.81. The third kappa shape index (κ3) is 11.4. The molecule has 0 saturated carbocycles. The Kier molecular flexibility index (Phi) is 19.7. The SMILES string of the molecule is CCCCCCCC[Si]1(CCCCCCCC)c2cc(Br)sc2-c2sc(-c3ccc(-c4cc5c(s4)-c4sc(Br)cc4[Si]5(CCCCCCCC)CCCCCCCC)c4c3SNS4)cc21. The van der Waals surface area contributed by atoms with Gasteiger partial charge < -0.3 is 0 Å². The van der Waals surface area contributed by atoms with E-state index in [9.17, 15) is 0 Å². The van der Waals surface area contributed by atoms with Crippen LogP contribution in [-0.4, -0.2) is 16.1 Å². The Labute approximate surface area is 437 Å². The molecule has 8 rings (SSSR count). The van der Waals surface area contributed by atoms with Gasteiger partial charge in [0.25, 0.3) is 0 Å². The highest BCUT2D eigenvalue weighted by molar-refractivity contribution is 9.11. The van der Waals surface area contributed by atoms with Crippen molar-refractivity contribution >= 4 is 138 Å². The summed E-state index contributed by atoms with van der Waals surface area (Å²) < 4.78 is 6.40. The van der Waals surface area contributed by atoms with Crippen molar-refractivity contribution in [2.24, 2.45) is 0 Å². The van der Waals surface area contributed by atoms with Crippen LogP contribution < -0.4 is 24.9 Å². The van der Waals surface area contributed by atoms with Gasteiger partial charge >= 0.3 is 0 Å². The molecular formula is C54H75Br2NS6Si2. The van der Waals surface area contributed by atoms with E-state index < -0.39 is 16.1 Å². The summed E-state index contributed by atoms with van der Waals surface area (Å²) >= 11 is 20.1. The average Bonchev–Trinajstić information content (AvgIpc) is 4.18.